The van der Waals surface area contributed by atoms with Crippen LogP contribution in [0, 0.1) is 0 Å². The lowest BCUT2D eigenvalue weighted by Gasteiger charge is -2.05. The molecule has 26 heavy (non-hydrogen) atoms. The Morgan fingerprint density at radius 1 is 1.04 bits per heavy atom. The Bertz CT molecular complexity index is 655. The number of carbonyl (C=O) groups is 1. The molecule has 0 saturated heterocycles. The van der Waals surface area contributed by atoms with E-state index in [1.807, 2.05) is 24.3 Å². The topological polar surface area (TPSA) is 72.3 Å². The van der Waals surface area contributed by atoms with Gasteiger partial charge in [-0.3, -0.25) is 4.79 Å². The molecule has 0 spiro atoms. The SMILES string of the molecule is CCCCCCCc1nnc(-c2ccc(OCCCCC(=O)O)cc2)s1. The van der Waals surface area contributed by atoms with Crippen LogP contribution in [0.2, 0.25) is 0 Å². The first-order chi connectivity index (χ1) is 12.7. The minimum absolute atomic E-state index is 0.195. The van der Waals surface area contributed by atoms with Crippen molar-refractivity contribution in [3.8, 4) is 16.3 Å². The highest BCUT2D eigenvalue weighted by Crippen LogP contribution is 2.26. The van der Waals surface area contributed by atoms with Gasteiger partial charge in [-0.25, -0.2) is 0 Å². The van der Waals surface area contributed by atoms with E-state index in [4.69, 9.17) is 9.84 Å². The second-order valence-electron chi connectivity index (χ2n) is 6.39. The highest BCUT2D eigenvalue weighted by Gasteiger charge is 2.07. The van der Waals surface area contributed by atoms with Crippen molar-refractivity contribution in [2.75, 3.05) is 6.61 Å². The molecule has 1 aromatic heterocycles. The maximum atomic E-state index is 10.5. The second kappa shape index (κ2) is 11.6. The van der Waals surface area contributed by atoms with Gasteiger partial charge in [0.25, 0.3) is 0 Å². The fraction of sp³-hybridized carbons (Fsp3) is 0.550. The summed E-state index contributed by atoms with van der Waals surface area (Å²) in [6.45, 7) is 2.76. The van der Waals surface area contributed by atoms with E-state index >= 15 is 0 Å². The van der Waals surface area contributed by atoms with Crippen molar-refractivity contribution in [1.82, 2.24) is 10.2 Å². The van der Waals surface area contributed by atoms with Gasteiger partial charge < -0.3 is 9.84 Å². The zero-order valence-corrected chi connectivity index (χ0v) is 16.3. The summed E-state index contributed by atoms with van der Waals surface area (Å²) < 4.78 is 5.64. The lowest BCUT2D eigenvalue weighted by atomic mass is 10.1. The van der Waals surface area contributed by atoms with Crippen LogP contribution in [0.3, 0.4) is 0 Å². The lowest BCUT2D eigenvalue weighted by molar-refractivity contribution is -0.137. The fourth-order valence-corrected chi connectivity index (χ4v) is 3.50. The van der Waals surface area contributed by atoms with Crippen molar-refractivity contribution in [1.29, 1.82) is 0 Å². The number of nitrogens with zero attached hydrogens (tertiary/aromatic N) is 2. The van der Waals surface area contributed by atoms with Crippen molar-refractivity contribution in [2.45, 2.75) is 64.7 Å². The van der Waals surface area contributed by atoms with Crippen molar-refractivity contribution in [2.24, 2.45) is 0 Å². The van der Waals surface area contributed by atoms with Gasteiger partial charge in [0.2, 0.25) is 0 Å². The maximum absolute atomic E-state index is 10.5. The summed E-state index contributed by atoms with van der Waals surface area (Å²) >= 11 is 1.66. The molecule has 0 aliphatic heterocycles. The van der Waals surface area contributed by atoms with Gasteiger partial charge in [-0.05, 0) is 43.5 Å². The third kappa shape index (κ3) is 7.52. The van der Waals surface area contributed by atoms with Crippen molar-refractivity contribution in [3.63, 3.8) is 0 Å². The van der Waals surface area contributed by atoms with Crippen LogP contribution in [-0.4, -0.2) is 27.9 Å². The summed E-state index contributed by atoms with van der Waals surface area (Å²) in [4.78, 5) is 10.5. The third-order valence-corrected chi connectivity index (χ3v) is 5.15. The van der Waals surface area contributed by atoms with E-state index in [1.165, 1.54) is 32.1 Å². The van der Waals surface area contributed by atoms with Crippen LogP contribution in [0.4, 0.5) is 0 Å². The van der Waals surface area contributed by atoms with E-state index in [0.717, 1.165) is 34.2 Å². The minimum atomic E-state index is -0.758. The van der Waals surface area contributed by atoms with E-state index in [9.17, 15) is 4.79 Å². The number of hydrogen-bond donors (Lipinski definition) is 1. The molecule has 0 radical (unpaired) electrons. The summed E-state index contributed by atoms with van der Waals surface area (Å²) in [7, 11) is 0. The molecule has 0 unspecified atom stereocenters. The van der Waals surface area contributed by atoms with Crippen molar-refractivity contribution >= 4 is 17.3 Å². The summed E-state index contributed by atoms with van der Waals surface area (Å²) in [5, 5.41) is 19.3. The Kier molecular flexibility index (Phi) is 9.10. The van der Waals surface area contributed by atoms with E-state index in [0.29, 0.717) is 13.0 Å². The van der Waals surface area contributed by atoms with Gasteiger partial charge in [0.05, 0.1) is 6.61 Å². The first kappa shape index (κ1) is 20.4. The van der Waals surface area contributed by atoms with Crippen LogP contribution >= 0.6 is 11.3 Å². The molecule has 1 N–H and O–H groups in total. The smallest absolute Gasteiger partial charge is 0.303 e. The number of hydrogen-bond acceptors (Lipinski definition) is 5. The number of aryl methyl sites for hydroxylation is 1. The molecule has 6 heteroatoms. The molecule has 142 valence electrons. The minimum Gasteiger partial charge on any atom is -0.494 e. The van der Waals surface area contributed by atoms with Gasteiger partial charge in [-0.1, -0.05) is 43.9 Å². The number of ether oxygens (including phenoxy) is 1. The molecule has 2 rings (SSSR count). The molecule has 5 nitrogen and oxygen atoms in total. The summed E-state index contributed by atoms with van der Waals surface area (Å²) in [6.07, 6.45) is 8.93. The van der Waals surface area contributed by atoms with E-state index in [1.54, 1.807) is 11.3 Å². The van der Waals surface area contributed by atoms with Crippen LogP contribution in [0.1, 0.15) is 63.3 Å². The molecule has 0 aliphatic carbocycles. The molecule has 0 atom stereocenters. The largest absolute Gasteiger partial charge is 0.494 e. The average molecular weight is 377 g/mol. The Labute approximate surface area is 159 Å². The highest BCUT2D eigenvalue weighted by molar-refractivity contribution is 7.14. The van der Waals surface area contributed by atoms with Gasteiger partial charge in [-0.15, -0.1) is 10.2 Å². The van der Waals surface area contributed by atoms with E-state index < -0.39 is 5.97 Å². The molecule has 0 bridgehead atoms. The Balaban J connectivity index is 1.74. The number of aliphatic carboxylic acids is 1. The van der Waals surface area contributed by atoms with Crippen molar-refractivity contribution < 1.29 is 14.6 Å². The summed E-state index contributed by atoms with van der Waals surface area (Å²) in [6, 6.07) is 7.85. The summed E-state index contributed by atoms with van der Waals surface area (Å²) in [5.74, 6) is 0.0384. The predicted octanol–water partition coefficient (Wildman–Crippen LogP) is 5.35. The molecule has 2 aromatic rings. The molecule has 0 saturated carbocycles. The number of benzene rings is 1. The van der Waals surface area contributed by atoms with Gasteiger partial charge in [-0.2, -0.15) is 0 Å². The highest BCUT2D eigenvalue weighted by atomic mass is 32.1. The maximum Gasteiger partial charge on any atom is 0.303 e. The number of carboxylic acids is 1. The number of aromatic nitrogens is 2. The molecule has 1 heterocycles. The zero-order chi connectivity index (χ0) is 18.6. The van der Waals surface area contributed by atoms with Gasteiger partial charge in [0, 0.05) is 18.4 Å². The number of unbranched alkanes of at least 4 members (excludes halogenated alkanes) is 5. The Morgan fingerprint density at radius 2 is 1.81 bits per heavy atom. The van der Waals surface area contributed by atoms with Crippen LogP contribution < -0.4 is 4.74 Å². The Hall–Kier alpha value is -1.95. The standard InChI is InChI=1S/C20H28N2O3S/c1-2-3-4-5-6-9-18-21-22-20(26-18)16-11-13-17(14-12-16)25-15-8-7-10-19(23)24/h11-14H,2-10,15H2,1H3,(H,23,24). The molecule has 1 aromatic carbocycles. The van der Waals surface area contributed by atoms with E-state index in [-0.39, 0.29) is 6.42 Å². The fourth-order valence-electron chi connectivity index (χ4n) is 2.61. The van der Waals surface area contributed by atoms with Gasteiger partial charge >= 0.3 is 5.97 Å². The first-order valence-corrected chi connectivity index (χ1v) is 10.3. The summed E-state index contributed by atoms with van der Waals surface area (Å²) in [5.41, 5.74) is 1.05. The van der Waals surface area contributed by atoms with Crippen molar-refractivity contribution in [3.05, 3.63) is 29.3 Å². The molecular weight excluding hydrogens is 348 g/mol. The number of carboxylic acid groups (broad SMARTS) is 1. The monoisotopic (exact) mass is 376 g/mol. The predicted molar refractivity (Wildman–Crippen MR) is 105 cm³/mol. The van der Waals surface area contributed by atoms with E-state index in [2.05, 4.69) is 17.1 Å². The molecular formula is C20H28N2O3S. The molecule has 0 fully saturated rings. The van der Waals surface area contributed by atoms with Gasteiger partial charge in [0.15, 0.2) is 0 Å². The van der Waals surface area contributed by atoms with Gasteiger partial charge in [0.1, 0.15) is 15.8 Å². The average Bonchev–Trinajstić information content (AvgIpc) is 3.10. The van der Waals surface area contributed by atoms with Crippen LogP contribution in [0.15, 0.2) is 24.3 Å². The van der Waals surface area contributed by atoms with Crippen LogP contribution in [0.25, 0.3) is 10.6 Å². The lowest BCUT2D eigenvalue weighted by Crippen LogP contribution is -2.00. The van der Waals surface area contributed by atoms with Crippen LogP contribution in [-0.2, 0) is 11.2 Å². The second-order valence-corrected chi connectivity index (χ2v) is 7.45. The quantitative estimate of drug-likeness (QED) is 0.477. The normalized spacial score (nSPS) is 10.8. The third-order valence-electron chi connectivity index (χ3n) is 4.12. The molecule has 0 aliphatic rings. The Morgan fingerprint density at radius 3 is 2.54 bits per heavy atom. The molecule has 0 amide bonds. The van der Waals surface area contributed by atoms with Crippen LogP contribution in [0.5, 0.6) is 5.75 Å². The zero-order valence-electron chi connectivity index (χ0n) is 15.4. The first-order valence-electron chi connectivity index (χ1n) is 9.46. The number of rotatable bonds is 13.